The normalized spacial score (nSPS) is 16.8. The topological polar surface area (TPSA) is 49.3 Å². The number of fused-ring (bicyclic) bond motifs is 1. The highest BCUT2D eigenvalue weighted by Crippen LogP contribution is 2.29. The summed E-state index contributed by atoms with van der Waals surface area (Å²) in [5.41, 5.74) is 2.20. The fourth-order valence-electron chi connectivity index (χ4n) is 3.95. The van der Waals surface area contributed by atoms with Crippen molar-refractivity contribution in [3.05, 3.63) is 59.2 Å². The fourth-order valence-corrected chi connectivity index (χ4v) is 3.95. The molecule has 0 aromatic heterocycles. The van der Waals surface area contributed by atoms with Crippen LogP contribution in [0.15, 0.2) is 41.4 Å². The van der Waals surface area contributed by atoms with Gasteiger partial charge in [-0.15, -0.1) is 0 Å². The van der Waals surface area contributed by atoms with Crippen molar-refractivity contribution in [2.24, 2.45) is 4.99 Å². The summed E-state index contributed by atoms with van der Waals surface area (Å²) < 4.78 is 38.8. The number of piperazine rings is 1. The Morgan fingerprint density at radius 3 is 2.70 bits per heavy atom. The molecule has 6 nitrogen and oxygen atoms in total. The first kappa shape index (κ1) is 20.4. The summed E-state index contributed by atoms with van der Waals surface area (Å²) in [6, 6.07) is 9.83. The van der Waals surface area contributed by atoms with Gasteiger partial charge < -0.3 is 24.6 Å². The lowest BCUT2D eigenvalue weighted by Crippen LogP contribution is -2.53. The third kappa shape index (κ3) is 4.48. The summed E-state index contributed by atoms with van der Waals surface area (Å²) in [5.74, 6) is 1.03. The minimum Gasteiger partial charge on any atom is -0.467 e. The predicted octanol–water partition coefficient (Wildman–Crippen LogP) is 2.77. The molecular formula is C22H26F2N4O2. The Kier molecular flexibility index (Phi) is 6.32. The molecule has 0 bridgehead atoms. The molecule has 30 heavy (non-hydrogen) atoms. The van der Waals surface area contributed by atoms with E-state index >= 15 is 0 Å². The van der Waals surface area contributed by atoms with Crippen molar-refractivity contribution in [1.82, 2.24) is 10.2 Å². The number of nitrogens with zero attached hydrogens (tertiary/aromatic N) is 3. The number of halogens is 2. The predicted molar refractivity (Wildman–Crippen MR) is 112 cm³/mol. The number of nitrogens with one attached hydrogen (secondary N) is 1. The second-order valence-corrected chi connectivity index (χ2v) is 7.31. The van der Waals surface area contributed by atoms with Crippen molar-refractivity contribution >= 4 is 11.6 Å². The van der Waals surface area contributed by atoms with Crippen LogP contribution in [-0.4, -0.2) is 57.4 Å². The van der Waals surface area contributed by atoms with Crippen LogP contribution >= 0.6 is 0 Å². The molecule has 2 heterocycles. The number of anilines is 1. The van der Waals surface area contributed by atoms with Crippen molar-refractivity contribution < 1.29 is 18.3 Å². The van der Waals surface area contributed by atoms with Crippen LogP contribution < -0.4 is 15.0 Å². The summed E-state index contributed by atoms with van der Waals surface area (Å²) >= 11 is 0. The number of hydrogen-bond acceptors (Lipinski definition) is 4. The summed E-state index contributed by atoms with van der Waals surface area (Å²) in [7, 11) is 1.75. The number of guanidine groups is 1. The average molecular weight is 416 g/mol. The van der Waals surface area contributed by atoms with Crippen LogP contribution in [0, 0.1) is 11.6 Å². The minimum atomic E-state index is -0.286. The molecule has 1 saturated heterocycles. The number of rotatable bonds is 4. The molecule has 160 valence electrons. The average Bonchev–Trinajstić information content (AvgIpc) is 2.77. The van der Waals surface area contributed by atoms with E-state index in [9.17, 15) is 8.78 Å². The van der Waals surface area contributed by atoms with Crippen LogP contribution in [0.25, 0.3) is 0 Å². The van der Waals surface area contributed by atoms with E-state index in [-0.39, 0.29) is 18.4 Å². The second-order valence-electron chi connectivity index (χ2n) is 7.31. The number of aliphatic imine (C=N–C) groups is 1. The summed E-state index contributed by atoms with van der Waals surface area (Å²) in [6.45, 7) is 4.06. The van der Waals surface area contributed by atoms with Gasteiger partial charge in [-0.05, 0) is 36.2 Å². The van der Waals surface area contributed by atoms with E-state index in [1.165, 1.54) is 18.2 Å². The standard InChI is InChI=1S/C22H26F2N4O2/c1-25-22(28-10-8-27(9-11-28)20-5-3-2-4-19(20)24)26-7-6-16-12-18(23)13-17-14-29-15-30-21(16)17/h2-5,12-13H,6-11,14-15H2,1H3,(H,25,26). The van der Waals surface area contributed by atoms with Crippen LogP contribution in [-0.2, 0) is 17.8 Å². The lowest BCUT2D eigenvalue weighted by atomic mass is 10.1. The van der Waals surface area contributed by atoms with Gasteiger partial charge in [-0.2, -0.15) is 0 Å². The van der Waals surface area contributed by atoms with Gasteiger partial charge in [-0.25, -0.2) is 8.78 Å². The van der Waals surface area contributed by atoms with Crippen LogP contribution in [0.3, 0.4) is 0 Å². The Morgan fingerprint density at radius 1 is 1.13 bits per heavy atom. The molecule has 2 aliphatic heterocycles. The van der Waals surface area contributed by atoms with E-state index in [1.54, 1.807) is 13.1 Å². The molecule has 0 saturated carbocycles. The number of para-hydroxylation sites is 1. The quantitative estimate of drug-likeness (QED) is 0.614. The van der Waals surface area contributed by atoms with Crippen molar-refractivity contribution in [2.45, 2.75) is 13.0 Å². The van der Waals surface area contributed by atoms with Gasteiger partial charge in [0.2, 0.25) is 0 Å². The second kappa shape index (κ2) is 9.30. The minimum absolute atomic E-state index is 0.188. The van der Waals surface area contributed by atoms with E-state index in [0.29, 0.717) is 38.3 Å². The van der Waals surface area contributed by atoms with Crippen LogP contribution in [0.4, 0.5) is 14.5 Å². The van der Waals surface area contributed by atoms with Gasteiger partial charge in [-0.1, -0.05) is 12.1 Å². The van der Waals surface area contributed by atoms with E-state index in [2.05, 4.69) is 20.1 Å². The maximum Gasteiger partial charge on any atom is 0.193 e. The molecular weight excluding hydrogens is 390 g/mol. The third-order valence-electron chi connectivity index (χ3n) is 5.41. The fraction of sp³-hybridized carbons (Fsp3) is 0.409. The number of benzene rings is 2. The molecule has 1 N–H and O–H groups in total. The van der Waals surface area contributed by atoms with Gasteiger partial charge in [0.05, 0.1) is 12.3 Å². The largest absolute Gasteiger partial charge is 0.467 e. The Hall–Kier alpha value is -2.87. The zero-order chi connectivity index (χ0) is 20.9. The third-order valence-corrected chi connectivity index (χ3v) is 5.41. The number of ether oxygens (including phenoxy) is 2. The summed E-state index contributed by atoms with van der Waals surface area (Å²) in [6.07, 6.45) is 0.605. The van der Waals surface area contributed by atoms with Gasteiger partial charge >= 0.3 is 0 Å². The van der Waals surface area contributed by atoms with Gasteiger partial charge in [0.1, 0.15) is 17.4 Å². The first-order valence-electron chi connectivity index (χ1n) is 10.1. The maximum absolute atomic E-state index is 14.0. The first-order valence-corrected chi connectivity index (χ1v) is 10.1. The molecule has 2 aliphatic rings. The highest BCUT2D eigenvalue weighted by Gasteiger charge is 2.22. The molecule has 0 aliphatic carbocycles. The van der Waals surface area contributed by atoms with Crippen molar-refractivity contribution in [3.63, 3.8) is 0 Å². The molecule has 0 amide bonds. The van der Waals surface area contributed by atoms with Crippen LogP contribution in [0.2, 0.25) is 0 Å². The van der Waals surface area contributed by atoms with Gasteiger partial charge in [0, 0.05) is 45.3 Å². The van der Waals surface area contributed by atoms with Crippen molar-refractivity contribution in [2.75, 3.05) is 51.5 Å². The molecule has 0 radical (unpaired) electrons. The van der Waals surface area contributed by atoms with E-state index < -0.39 is 0 Å². The molecule has 4 rings (SSSR count). The maximum atomic E-state index is 14.0. The first-order chi connectivity index (χ1) is 14.7. The molecule has 0 atom stereocenters. The van der Waals surface area contributed by atoms with E-state index in [1.807, 2.05) is 12.1 Å². The lowest BCUT2D eigenvalue weighted by Gasteiger charge is -2.37. The van der Waals surface area contributed by atoms with Crippen LogP contribution in [0.1, 0.15) is 11.1 Å². The molecule has 1 fully saturated rings. The van der Waals surface area contributed by atoms with Crippen molar-refractivity contribution in [1.29, 1.82) is 0 Å². The van der Waals surface area contributed by atoms with Gasteiger partial charge in [0.25, 0.3) is 0 Å². The summed E-state index contributed by atoms with van der Waals surface area (Å²) in [4.78, 5) is 8.59. The van der Waals surface area contributed by atoms with Crippen molar-refractivity contribution in [3.8, 4) is 5.75 Å². The Labute approximate surface area is 175 Å². The lowest BCUT2D eigenvalue weighted by molar-refractivity contribution is -0.0172. The van der Waals surface area contributed by atoms with E-state index in [0.717, 1.165) is 35.9 Å². The zero-order valence-corrected chi connectivity index (χ0v) is 17.0. The Balaban J connectivity index is 1.32. The van der Waals surface area contributed by atoms with E-state index in [4.69, 9.17) is 9.47 Å². The number of hydrogen-bond donors (Lipinski definition) is 1. The Bertz CT molecular complexity index is 914. The Morgan fingerprint density at radius 2 is 1.93 bits per heavy atom. The molecule has 2 aromatic rings. The monoisotopic (exact) mass is 416 g/mol. The molecule has 0 unspecified atom stereocenters. The highest BCUT2D eigenvalue weighted by atomic mass is 19.1. The SMILES string of the molecule is CN=C(NCCc1cc(F)cc2c1OCOC2)N1CCN(c2ccccc2F)CC1. The van der Waals surface area contributed by atoms with Gasteiger partial charge in [-0.3, -0.25) is 4.99 Å². The zero-order valence-electron chi connectivity index (χ0n) is 17.0. The molecule has 0 spiro atoms. The highest BCUT2D eigenvalue weighted by molar-refractivity contribution is 5.80. The van der Waals surface area contributed by atoms with Gasteiger partial charge in [0.15, 0.2) is 12.8 Å². The summed E-state index contributed by atoms with van der Waals surface area (Å²) in [5, 5.41) is 3.35. The smallest absolute Gasteiger partial charge is 0.193 e. The van der Waals surface area contributed by atoms with Crippen LogP contribution in [0.5, 0.6) is 5.75 Å². The molecule has 8 heteroatoms. The molecule has 2 aromatic carbocycles.